The highest BCUT2D eigenvalue weighted by Gasteiger charge is 2.48. The molecule has 0 bridgehead atoms. The van der Waals surface area contributed by atoms with Gasteiger partial charge in [-0.25, -0.2) is 14.6 Å². The Bertz CT molecular complexity index is 454. The Morgan fingerprint density at radius 1 is 1.61 bits per heavy atom. The number of rotatable bonds is 5. The maximum Gasteiger partial charge on any atom is 0.351 e. The molecular weight excluding hydrogens is 240 g/mol. The van der Waals surface area contributed by atoms with E-state index in [2.05, 4.69) is 21.3 Å². The van der Waals surface area contributed by atoms with Crippen LogP contribution < -0.4 is 0 Å². The van der Waals surface area contributed by atoms with Crippen molar-refractivity contribution in [3.63, 3.8) is 0 Å². The zero-order valence-corrected chi connectivity index (χ0v) is 10.1. The number of carbonyl (C=O) groups is 2. The first-order valence-corrected chi connectivity index (χ1v) is 5.15. The predicted octanol–water partition coefficient (Wildman–Crippen LogP) is -0.110. The third kappa shape index (κ3) is 2.25. The lowest BCUT2D eigenvalue weighted by molar-refractivity contribution is -0.165. The number of aromatic amines is 1. The van der Waals surface area contributed by atoms with Crippen molar-refractivity contribution in [1.82, 2.24) is 9.97 Å². The molecule has 0 radical (unpaired) electrons. The number of carbonyl (C=O) groups excluding carboxylic acids is 2. The molecule has 1 rings (SSSR count). The minimum absolute atomic E-state index is 0.0380. The number of hydrogen-bond donors (Lipinski definition) is 2. The first-order valence-electron chi connectivity index (χ1n) is 5.15. The second-order valence-corrected chi connectivity index (χ2v) is 3.34. The number of esters is 2. The molecule has 0 spiro atoms. The Morgan fingerprint density at radius 3 is 2.72 bits per heavy atom. The summed E-state index contributed by atoms with van der Waals surface area (Å²) in [6.07, 6.45) is 2.72. The highest BCUT2D eigenvalue weighted by atomic mass is 16.6. The molecule has 0 saturated carbocycles. The van der Waals surface area contributed by atoms with Crippen LogP contribution >= 0.6 is 0 Å². The number of aromatic nitrogens is 2. The standard InChI is InChI=1S/C11H14N2O5/c1-4-18-10(15)11(16,7(2)8(14)17-3)9-12-5-6-13-9/h5-6,16H,2,4H2,1,3H3,(H,12,13). The number of aliphatic hydroxyl groups is 1. The van der Waals surface area contributed by atoms with Crippen molar-refractivity contribution in [1.29, 1.82) is 0 Å². The Balaban J connectivity index is 3.22. The normalized spacial score (nSPS) is 13.5. The number of nitrogens with one attached hydrogen (secondary N) is 1. The van der Waals surface area contributed by atoms with Crippen LogP contribution in [0.2, 0.25) is 0 Å². The zero-order valence-electron chi connectivity index (χ0n) is 10.1. The Morgan fingerprint density at radius 2 is 2.28 bits per heavy atom. The number of ether oxygens (including phenoxy) is 2. The van der Waals surface area contributed by atoms with E-state index in [1.165, 1.54) is 12.4 Å². The summed E-state index contributed by atoms with van der Waals surface area (Å²) in [5.41, 5.74) is -2.86. The molecule has 0 amide bonds. The van der Waals surface area contributed by atoms with Crippen LogP contribution in [0.25, 0.3) is 0 Å². The fourth-order valence-corrected chi connectivity index (χ4v) is 1.33. The largest absolute Gasteiger partial charge is 0.466 e. The summed E-state index contributed by atoms with van der Waals surface area (Å²) in [5, 5.41) is 10.4. The highest BCUT2D eigenvalue weighted by molar-refractivity contribution is 5.99. The molecule has 0 fully saturated rings. The number of methoxy groups -OCH3 is 1. The second kappa shape index (κ2) is 5.46. The van der Waals surface area contributed by atoms with Crippen molar-refractivity contribution < 1.29 is 24.2 Å². The van der Waals surface area contributed by atoms with Crippen molar-refractivity contribution in [3.8, 4) is 0 Å². The van der Waals surface area contributed by atoms with E-state index in [1.54, 1.807) is 6.92 Å². The van der Waals surface area contributed by atoms with E-state index in [1.807, 2.05) is 0 Å². The molecule has 0 saturated heterocycles. The van der Waals surface area contributed by atoms with Crippen LogP contribution in [0, 0.1) is 0 Å². The van der Waals surface area contributed by atoms with E-state index >= 15 is 0 Å². The molecule has 0 aliphatic carbocycles. The molecule has 98 valence electrons. The van der Waals surface area contributed by atoms with Crippen LogP contribution in [0.3, 0.4) is 0 Å². The highest BCUT2D eigenvalue weighted by Crippen LogP contribution is 2.28. The summed E-state index contributed by atoms with van der Waals surface area (Å²) in [5.74, 6) is -2.13. The van der Waals surface area contributed by atoms with Crippen molar-refractivity contribution in [3.05, 3.63) is 30.4 Å². The van der Waals surface area contributed by atoms with Gasteiger partial charge in [0.05, 0.1) is 19.3 Å². The van der Waals surface area contributed by atoms with Gasteiger partial charge in [-0.2, -0.15) is 0 Å². The summed E-state index contributed by atoms with van der Waals surface area (Å²) in [6, 6.07) is 0. The van der Waals surface area contributed by atoms with Crippen LogP contribution in [-0.4, -0.2) is 40.7 Å². The van der Waals surface area contributed by atoms with E-state index in [4.69, 9.17) is 4.74 Å². The summed E-state index contributed by atoms with van der Waals surface area (Å²) >= 11 is 0. The van der Waals surface area contributed by atoms with Crippen LogP contribution in [0.1, 0.15) is 12.7 Å². The first kappa shape index (κ1) is 13.9. The summed E-state index contributed by atoms with van der Waals surface area (Å²) in [6.45, 7) is 4.98. The summed E-state index contributed by atoms with van der Waals surface area (Å²) in [4.78, 5) is 29.6. The number of imidazole rings is 1. The lowest BCUT2D eigenvalue weighted by Gasteiger charge is -2.24. The third-order valence-corrected chi connectivity index (χ3v) is 2.28. The number of nitrogens with zero attached hydrogens (tertiary/aromatic N) is 1. The minimum Gasteiger partial charge on any atom is -0.466 e. The lowest BCUT2D eigenvalue weighted by Crippen LogP contribution is -2.42. The molecule has 1 aromatic rings. The molecule has 2 N–H and O–H groups in total. The Hall–Kier alpha value is -2.15. The van der Waals surface area contributed by atoms with Crippen molar-refractivity contribution in [2.45, 2.75) is 12.5 Å². The maximum absolute atomic E-state index is 11.8. The van der Waals surface area contributed by atoms with E-state index < -0.39 is 23.1 Å². The van der Waals surface area contributed by atoms with Gasteiger partial charge in [-0.15, -0.1) is 0 Å². The molecular formula is C11H14N2O5. The molecule has 7 nitrogen and oxygen atoms in total. The Kier molecular flexibility index (Phi) is 4.22. The van der Waals surface area contributed by atoms with E-state index in [0.717, 1.165) is 7.11 Å². The Labute approximate surface area is 103 Å². The summed E-state index contributed by atoms with van der Waals surface area (Å²) < 4.78 is 9.17. The summed E-state index contributed by atoms with van der Waals surface area (Å²) in [7, 11) is 1.11. The topological polar surface area (TPSA) is 102 Å². The van der Waals surface area contributed by atoms with Gasteiger partial charge in [0, 0.05) is 12.4 Å². The van der Waals surface area contributed by atoms with Crippen LogP contribution in [0.5, 0.6) is 0 Å². The molecule has 1 heterocycles. The molecule has 1 unspecified atom stereocenters. The van der Waals surface area contributed by atoms with Crippen LogP contribution in [0.4, 0.5) is 0 Å². The van der Waals surface area contributed by atoms with Crippen molar-refractivity contribution in [2.75, 3.05) is 13.7 Å². The average Bonchev–Trinajstić information content (AvgIpc) is 2.90. The quantitative estimate of drug-likeness (QED) is 0.561. The first-order chi connectivity index (χ1) is 8.48. The van der Waals surface area contributed by atoms with Crippen LogP contribution in [-0.2, 0) is 24.7 Å². The van der Waals surface area contributed by atoms with Crippen molar-refractivity contribution in [2.24, 2.45) is 0 Å². The molecule has 1 aromatic heterocycles. The average molecular weight is 254 g/mol. The van der Waals surface area contributed by atoms with Gasteiger partial charge in [-0.05, 0) is 6.92 Å². The maximum atomic E-state index is 11.8. The van der Waals surface area contributed by atoms with Gasteiger partial charge >= 0.3 is 11.9 Å². The van der Waals surface area contributed by atoms with E-state index in [-0.39, 0.29) is 12.4 Å². The fraction of sp³-hybridized carbons (Fsp3) is 0.364. The van der Waals surface area contributed by atoms with E-state index in [0.29, 0.717) is 0 Å². The molecule has 0 aromatic carbocycles. The van der Waals surface area contributed by atoms with Gasteiger partial charge in [-0.3, -0.25) is 0 Å². The minimum atomic E-state index is -2.38. The number of hydrogen-bond acceptors (Lipinski definition) is 6. The van der Waals surface area contributed by atoms with Gasteiger partial charge in [0.2, 0.25) is 0 Å². The van der Waals surface area contributed by atoms with E-state index in [9.17, 15) is 14.7 Å². The van der Waals surface area contributed by atoms with Gasteiger partial charge in [0.1, 0.15) is 0 Å². The molecule has 0 aliphatic rings. The van der Waals surface area contributed by atoms with Gasteiger partial charge in [0.25, 0.3) is 5.60 Å². The van der Waals surface area contributed by atoms with Gasteiger partial charge in [-0.1, -0.05) is 6.58 Å². The lowest BCUT2D eigenvalue weighted by atomic mass is 9.94. The molecule has 1 atom stereocenters. The molecule has 18 heavy (non-hydrogen) atoms. The zero-order chi connectivity index (χ0) is 13.8. The second-order valence-electron chi connectivity index (χ2n) is 3.34. The smallest absolute Gasteiger partial charge is 0.351 e. The van der Waals surface area contributed by atoms with Crippen molar-refractivity contribution >= 4 is 11.9 Å². The SMILES string of the molecule is C=C(C(=O)OC)C(O)(C(=O)OCC)c1ncc[nH]1. The van der Waals surface area contributed by atoms with Gasteiger partial charge < -0.3 is 19.6 Å². The number of H-pyrrole nitrogens is 1. The van der Waals surface area contributed by atoms with Gasteiger partial charge in [0.15, 0.2) is 5.82 Å². The molecule has 0 aliphatic heterocycles. The molecule has 7 heteroatoms. The van der Waals surface area contributed by atoms with Crippen LogP contribution in [0.15, 0.2) is 24.5 Å². The predicted molar refractivity (Wildman–Crippen MR) is 60.3 cm³/mol. The third-order valence-electron chi connectivity index (χ3n) is 2.28. The monoisotopic (exact) mass is 254 g/mol. The fourth-order valence-electron chi connectivity index (χ4n) is 1.33.